The van der Waals surface area contributed by atoms with Crippen LogP contribution in [-0.4, -0.2) is 34.3 Å². The Bertz CT molecular complexity index is 1130. The number of anilines is 1. The van der Waals surface area contributed by atoms with Gasteiger partial charge in [-0.2, -0.15) is 0 Å². The lowest BCUT2D eigenvalue weighted by Gasteiger charge is -2.51. The van der Waals surface area contributed by atoms with Gasteiger partial charge in [0.05, 0.1) is 6.42 Å². The van der Waals surface area contributed by atoms with E-state index >= 15 is 0 Å². The molecule has 166 valence electrons. The Morgan fingerprint density at radius 3 is 2.56 bits per heavy atom. The summed E-state index contributed by atoms with van der Waals surface area (Å²) in [5.74, 6) is -2.46. The first-order valence-corrected chi connectivity index (χ1v) is 11.5. The Kier molecular flexibility index (Phi) is 5.18. The maximum atomic E-state index is 13.8. The third-order valence-corrected chi connectivity index (χ3v) is 7.33. The molecule has 8 heteroatoms. The van der Waals surface area contributed by atoms with E-state index in [-0.39, 0.29) is 24.7 Å². The molecule has 3 aliphatic rings. The second-order valence-electron chi connectivity index (χ2n) is 8.94. The first-order valence-electron chi connectivity index (χ1n) is 10.7. The molecule has 2 aromatic carbocycles. The Morgan fingerprint density at radius 2 is 1.88 bits per heavy atom. The molecule has 2 N–H and O–H groups in total. The van der Waals surface area contributed by atoms with Crippen molar-refractivity contribution < 1.29 is 19.5 Å². The summed E-state index contributed by atoms with van der Waals surface area (Å²) in [5.41, 5.74) is 0.804. The molecule has 0 radical (unpaired) electrons. The molecule has 0 bridgehead atoms. The van der Waals surface area contributed by atoms with Crippen molar-refractivity contribution in [2.24, 2.45) is 11.8 Å². The number of piperidine rings is 1. The highest BCUT2D eigenvalue weighted by molar-refractivity contribution is 6.31. The van der Waals surface area contributed by atoms with Crippen LogP contribution in [0.25, 0.3) is 0 Å². The highest BCUT2D eigenvalue weighted by Gasteiger charge is 2.62. The average molecular weight is 473 g/mol. The Balaban J connectivity index is 1.74. The Labute approximate surface area is 195 Å². The van der Waals surface area contributed by atoms with E-state index in [1.165, 1.54) is 0 Å². The molecule has 2 amide bonds. The highest BCUT2D eigenvalue weighted by atomic mass is 35.5. The second kappa shape index (κ2) is 7.78. The monoisotopic (exact) mass is 472 g/mol. The van der Waals surface area contributed by atoms with Crippen LogP contribution >= 0.6 is 23.2 Å². The van der Waals surface area contributed by atoms with E-state index in [1.54, 1.807) is 35.2 Å². The molecule has 6 nitrogen and oxygen atoms in total. The summed E-state index contributed by atoms with van der Waals surface area (Å²) in [5, 5.41) is 13.4. The minimum Gasteiger partial charge on any atom is -0.481 e. The number of likely N-dealkylation sites (tertiary alicyclic amines) is 1. The fraction of sp³-hybridized carbons (Fsp3) is 0.375. The van der Waals surface area contributed by atoms with E-state index in [4.69, 9.17) is 23.2 Å². The minimum absolute atomic E-state index is 0.238. The van der Waals surface area contributed by atoms with Gasteiger partial charge in [-0.25, -0.2) is 0 Å². The molecule has 1 spiro atoms. The van der Waals surface area contributed by atoms with E-state index in [9.17, 15) is 19.5 Å². The predicted molar refractivity (Wildman–Crippen MR) is 121 cm³/mol. The molecule has 32 heavy (non-hydrogen) atoms. The molecule has 1 saturated carbocycles. The molecule has 0 aromatic heterocycles. The second-order valence-corrected chi connectivity index (χ2v) is 9.81. The van der Waals surface area contributed by atoms with Gasteiger partial charge in [0.1, 0.15) is 0 Å². The number of nitrogens with one attached hydrogen (secondary N) is 1. The number of halogens is 2. The SMILES string of the molecule is O=C(O)CC1CC(c2cccc(Cl)c2)[C@]2(C(=O)Nc3cc(Cl)ccc32)N(CC2CC2)C1=O. The molecule has 2 fully saturated rings. The summed E-state index contributed by atoms with van der Waals surface area (Å²) in [6, 6.07) is 12.5. The molecule has 2 unspecified atom stereocenters. The van der Waals surface area contributed by atoms with Crippen LogP contribution in [0.2, 0.25) is 10.0 Å². The van der Waals surface area contributed by atoms with Crippen LogP contribution in [0.15, 0.2) is 42.5 Å². The van der Waals surface area contributed by atoms with Crippen molar-refractivity contribution in [1.82, 2.24) is 4.90 Å². The van der Waals surface area contributed by atoms with Gasteiger partial charge < -0.3 is 15.3 Å². The molecule has 5 rings (SSSR count). The number of benzene rings is 2. The van der Waals surface area contributed by atoms with Gasteiger partial charge in [0.25, 0.3) is 5.91 Å². The van der Waals surface area contributed by atoms with Gasteiger partial charge in [0, 0.05) is 39.7 Å². The number of carboxylic acid groups (broad SMARTS) is 1. The van der Waals surface area contributed by atoms with Crippen molar-refractivity contribution in [2.45, 2.75) is 37.1 Å². The van der Waals surface area contributed by atoms with Crippen LogP contribution in [0.3, 0.4) is 0 Å². The molecule has 2 aromatic rings. The van der Waals surface area contributed by atoms with Crippen molar-refractivity contribution in [2.75, 3.05) is 11.9 Å². The first-order chi connectivity index (χ1) is 15.3. The molecule has 3 atom stereocenters. The summed E-state index contributed by atoms with van der Waals surface area (Å²) < 4.78 is 0. The number of carbonyl (C=O) groups excluding carboxylic acids is 2. The number of hydrogen-bond donors (Lipinski definition) is 2. The van der Waals surface area contributed by atoms with Gasteiger partial charge in [-0.05, 0) is 55.0 Å². The van der Waals surface area contributed by atoms with E-state index in [1.807, 2.05) is 12.1 Å². The van der Waals surface area contributed by atoms with Crippen LogP contribution in [0.5, 0.6) is 0 Å². The maximum absolute atomic E-state index is 13.8. The summed E-state index contributed by atoms with van der Waals surface area (Å²) in [6.07, 6.45) is 1.94. The van der Waals surface area contributed by atoms with Gasteiger partial charge in [-0.3, -0.25) is 14.4 Å². The fourth-order valence-corrected chi connectivity index (χ4v) is 5.69. The van der Waals surface area contributed by atoms with Gasteiger partial charge >= 0.3 is 5.97 Å². The molecule has 2 heterocycles. The van der Waals surface area contributed by atoms with Crippen molar-refractivity contribution in [3.05, 3.63) is 63.6 Å². The number of amides is 2. The smallest absolute Gasteiger partial charge is 0.304 e. The van der Waals surface area contributed by atoms with E-state index in [0.29, 0.717) is 33.8 Å². The number of nitrogens with zero attached hydrogens (tertiary/aromatic N) is 1. The van der Waals surface area contributed by atoms with Crippen LogP contribution in [0.4, 0.5) is 5.69 Å². The number of fused-ring (bicyclic) bond motifs is 2. The van der Waals surface area contributed by atoms with E-state index < -0.39 is 23.3 Å². The third kappa shape index (κ3) is 3.37. The third-order valence-electron chi connectivity index (χ3n) is 6.86. The summed E-state index contributed by atoms with van der Waals surface area (Å²) in [7, 11) is 0. The summed E-state index contributed by atoms with van der Waals surface area (Å²) >= 11 is 12.5. The van der Waals surface area contributed by atoms with E-state index in [2.05, 4.69) is 5.32 Å². The van der Waals surface area contributed by atoms with Crippen molar-refractivity contribution in [3.63, 3.8) is 0 Å². The topological polar surface area (TPSA) is 86.7 Å². The van der Waals surface area contributed by atoms with Crippen LogP contribution < -0.4 is 5.32 Å². The van der Waals surface area contributed by atoms with Crippen LogP contribution in [0.1, 0.15) is 42.7 Å². The fourth-order valence-electron chi connectivity index (χ4n) is 5.32. The lowest BCUT2D eigenvalue weighted by molar-refractivity contribution is -0.160. The van der Waals surface area contributed by atoms with Gasteiger partial charge in [0.2, 0.25) is 5.91 Å². The quantitative estimate of drug-likeness (QED) is 0.662. The normalized spacial score (nSPS) is 26.9. The van der Waals surface area contributed by atoms with Crippen molar-refractivity contribution in [3.8, 4) is 0 Å². The average Bonchev–Trinajstić information content (AvgIpc) is 3.51. The van der Waals surface area contributed by atoms with Crippen molar-refractivity contribution >= 4 is 46.7 Å². The zero-order valence-corrected chi connectivity index (χ0v) is 18.7. The number of aliphatic carboxylic acids is 1. The number of rotatable bonds is 5. The predicted octanol–water partition coefficient (Wildman–Crippen LogP) is 4.66. The maximum Gasteiger partial charge on any atom is 0.304 e. The molecular weight excluding hydrogens is 451 g/mol. The Morgan fingerprint density at radius 1 is 1.12 bits per heavy atom. The number of carbonyl (C=O) groups is 3. The van der Waals surface area contributed by atoms with Gasteiger partial charge in [0.15, 0.2) is 5.54 Å². The minimum atomic E-state index is -1.28. The first kappa shape index (κ1) is 21.3. The zero-order valence-electron chi connectivity index (χ0n) is 17.2. The number of hydrogen-bond acceptors (Lipinski definition) is 3. The standard InChI is InChI=1S/C24H22Cl2N2O4/c25-16-3-1-2-14(8-16)19-9-15(10-21(29)30)22(31)28(12-13-4-5-13)24(19)18-7-6-17(26)11-20(18)27-23(24)32/h1-3,6-8,11,13,15,19H,4-5,9-10,12H2,(H,27,32)(H,29,30)/t15?,19?,24-/m1/s1. The molecule has 1 saturated heterocycles. The Hall–Kier alpha value is -2.57. The largest absolute Gasteiger partial charge is 0.481 e. The van der Waals surface area contributed by atoms with Crippen LogP contribution in [0, 0.1) is 11.8 Å². The van der Waals surface area contributed by atoms with Gasteiger partial charge in [-0.15, -0.1) is 0 Å². The van der Waals surface area contributed by atoms with Crippen LogP contribution in [-0.2, 0) is 19.9 Å². The van der Waals surface area contributed by atoms with Gasteiger partial charge in [-0.1, -0.05) is 41.4 Å². The van der Waals surface area contributed by atoms with Crippen molar-refractivity contribution in [1.29, 1.82) is 0 Å². The molecule has 1 aliphatic carbocycles. The molecular formula is C24H22Cl2N2O4. The molecule has 2 aliphatic heterocycles. The highest BCUT2D eigenvalue weighted by Crippen LogP contribution is 2.56. The van der Waals surface area contributed by atoms with E-state index in [0.717, 1.165) is 18.4 Å². The lowest BCUT2D eigenvalue weighted by Crippen LogP contribution is -2.62. The zero-order chi connectivity index (χ0) is 22.6. The summed E-state index contributed by atoms with van der Waals surface area (Å²) in [4.78, 5) is 40.7. The summed E-state index contributed by atoms with van der Waals surface area (Å²) in [6.45, 7) is 0.418. The lowest BCUT2D eigenvalue weighted by atomic mass is 9.66. The number of carboxylic acids is 1.